The van der Waals surface area contributed by atoms with Crippen molar-refractivity contribution in [3.8, 4) is 22.8 Å². The molecule has 3 aromatic heterocycles. The Morgan fingerprint density at radius 1 is 1.06 bits per heavy atom. The Hall–Kier alpha value is -4.65. The summed E-state index contributed by atoms with van der Waals surface area (Å²) in [5, 5.41) is 15.7. The molecule has 0 bridgehead atoms. The molecule has 0 aliphatic carbocycles. The maximum atomic E-state index is 12.7. The van der Waals surface area contributed by atoms with E-state index >= 15 is 0 Å². The first-order chi connectivity index (χ1) is 17.3. The largest absolute Gasteiger partial charge is 0.573 e. The number of aromatic amines is 1. The Balaban J connectivity index is 1.32. The van der Waals surface area contributed by atoms with E-state index in [0.29, 0.717) is 22.2 Å². The molecule has 1 amide bonds. The topological polar surface area (TPSA) is 127 Å². The van der Waals surface area contributed by atoms with Gasteiger partial charge >= 0.3 is 6.36 Å². The number of imidazole rings is 2. The van der Waals surface area contributed by atoms with E-state index in [1.807, 2.05) is 0 Å². The predicted octanol–water partition coefficient (Wildman–Crippen LogP) is 3.79. The van der Waals surface area contributed by atoms with Gasteiger partial charge in [-0.2, -0.15) is 0 Å². The molecule has 0 aliphatic rings. The molecule has 5 rings (SSSR count). The number of carbonyl (C=O) groups is 1. The van der Waals surface area contributed by atoms with E-state index in [1.165, 1.54) is 35.0 Å². The number of rotatable bonds is 7. The van der Waals surface area contributed by atoms with Crippen molar-refractivity contribution in [2.45, 2.75) is 6.36 Å². The molecule has 10 nitrogen and oxygen atoms in total. The van der Waals surface area contributed by atoms with E-state index in [9.17, 15) is 18.0 Å². The molecule has 0 fully saturated rings. The minimum absolute atomic E-state index is 0.0894. The van der Waals surface area contributed by atoms with Crippen molar-refractivity contribution in [3.05, 3.63) is 66.5 Å². The van der Waals surface area contributed by atoms with Gasteiger partial charge in [-0.1, -0.05) is 18.2 Å². The molecule has 13 heteroatoms. The third-order valence-corrected chi connectivity index (χ3v) is 5.00. The first kappa shape index (κ1) is 23.1. The quantitative estimate of drug-likeness (QED) is 0.312. The molecule has 3 N–H and O–H groups in total. The van der Waals surface area contributed by atoms with Crippen molar-refractivity contribution < 1.29 is 32.5 Å². The van der Waals surface area contributed by atoms with Crippen LogP contribution in [0.5, 0.6) is 11.6 Å². The lowest BCUT2D eigenvalue weighted by molar-refractivity contribution is -0.274. The number of aliphatic hydroxyl groups is 1. The Morgan fingerprint density at radius 2 is 1.83 bits per heavy atom. The van der Waals surface area contributed by atoms with E-state index in [2.05, 4.69) is 30.1 Å². The van der Waals surface area contributed by atoms with Gasteiger partial charge in [-0.05, 0) is 41.5 Å². The minimum atomic E-state index is -4.76. The lowest BCUT2D eigenvalue weighted by Gasteiger charge is -2.09. The number of ether oxygens (including phenoxy) is 2. The number of aliphatic hydroxyl groups excluding tert-OH is 1. The van der Waals surface area contributed by atoms with Crippen LogP contribution in [0.25, 0.3) is 27.8 Å². The van der Waals surface area contributed by atoms with Crippen molar-refractivity contribution >= 4 is 28.5 Å². The number of carbonyl (C=O) groups excluding carboxylic acids is 1. The Labute approximate surface area is 200 Å². The van der Waals surface area contributed by atoms with Crippen LogP contribution in [0.15, 0.2) is 60.8 Å². The summed E-state index contributed by atoms with van der Waals surface area (Å²) in [7, 11) is 0. The highest BCUT2D eigenvalue weighted by molar-refractivity contribution is 6.03. The lowest BCUT2D eigenvalue weighted by atomic mass is 10.1. The van der Waals surface area contributed by atoms with Crippen molar-refractivity contribution in [3.63, 3.8) is 0 Å². The first-order valence-corrected chi connectivity index (χ1v) is 10.5. The molecular weight excluding hydrogens is 481 g/mol. The summed E-state index contributed by atoms with van der Waals surface area (Å²) in [5.41, 5.74) is 3.12. The Kier molecular flexibility index (Phi) is 5.90. The minimum Gasteiger partial charge on any atom is -0.474 e. The number of hydrogen-bond donors (Lipinski definition) is 3. The van der Waals surface area contributed by atoms with Gasteiger partial charge in [0.05, 0.1) is 23.8 Å². The fourth-order valence-electron chi connectivity index (χ4n) is 3.47. The van der Waals surface area contributed by atoms with Gasteiger partial charge < -0.3 is 19.6 Å². The van der Waals surface area contributed by atoms with E-state index in [1.54, 1.807) is 30.3 Å². The van der Waals surface area contributed by atoms with Crippen LogP contribution in [0.4, 0.5) is 19.1 Å². The van der Waals surface area contributed by atoms with E-state index in [4.69, 9.17) is 9.84 Å². The van der Waals surface area contributed by atoms with Crippen LogP contribution in [0, 0.1) is 0 Å². The van der Waals surface area contributed by atoms with Gasteiger partial charge in [0.15, 0.2) is 5.65 Å². The van der Waals surface area contributed by atoms with Gasteiger partial charge in [-0.3, -0.25) is 10.1 Å². The molecule has 0 unspecified atom stereocenters. The third kappa shape index (κ3) is 5.05. The summed E-state index contributed by atoms with van der Waals surface area (Å²) in [6.45, 7) is -0.0639. The number of halogens is 3. The highest BCUT2D eigenvalue weighted by atomic mass is 19.4. The normalized spacial score (nSPS) is 11.7. The van der Waals surface area contributed by atoms with Crippen LogP contribution < -0.4 is 14.8 Å². The molecular formula is C23H17F3N6O4. The van der Waals surface area contributed by atoms with Crippen LogP contribution in [-0.4, -0.2) is 55.2 Å². The zero-order chi connectivity index (χ0) is 25.3. The second kappa shape index (κ2) is 9.19. The van der Waals surface area contributed by atoms with Crippen molar-refractivity contribution in [2.75, 3.05) is 18.5 Å². The smallest absolute Gasteiger partial charge is 0.474 e. The predicted molar refractivity (Wildman–Crippen MR) is 122 cm³/mol. The molecule has 0 saturated heterocycles. The van der Waals surface area contributed by atoms with Gasteiger partial charge in [-0.15, -0.1) is 18.3 Å². The summed E-state index contributed by atoms with van der Waals surface area (Å²) in [4.78, 5) is 24.3. The lowest BCUT2D eigenvalue weighted by Crippen LogP contribution is -2.16. The van der Waals surface area contributed by atoms with Crippen LogP contribution in [0.3, 0.4) is 0 Å². The standard InChI is InChI=1S/C23H17F3N6O4/c24-23(25,26)36-15-4-1-13(2-5-15)14-3-6-16-17(11-14)29-22(28-16)30-21(34)18-12-32-19(27-18)7-8-20(31-32)35-10-9-33/h1-8,11-12,33H,9-10H2,(H2,28,29,30,34). The van der Waals surface area contributed by atoms with Crippen LogP contribution in [-0.2, 0) is 0 Å². The zero-order valence-corrected chi connectivity index (χ0v) is 18.3. The number of amides is 1. The molecule has 0 saturated carbocycles. The number of hydrogen-bond acceptors (Lipinski definition) is 7. The summed E-state index contributed by atoms with van der Waals surface area (Å²) >= 11 is 0. The number of nitrogens with one attached hydrogen (secondary N) is 2. The van der Waals surface area contributed by atoms with Gasteiger partial charge in [0.25, 0.3) is 5.91 Å². The Morgan fingerprint density at radius 3 is 2.58 bits per heavy atom. The molecule has 0 spiro atoms. The van der Waals surface area contributed by atoms with Crippen molar-refractivity contribution in [1.82, 2.24) is 24.6 Å². The van der Waals surface area contributed by atoms with Crippen molar-refractivity contribution in [2.24, 2.45) is 0 Å². The number of aromatic nitrogens is 5. The Bertz CT molecular complexity index is 1550. The van der Waals surface area contributed by atoms with E-state index < -0.39 is 12.3 Å². The maximum Gasteiger partial charge on any atom is 0.573 e. The first-order valence-electron chi connectivity index (χ1n) is 10.5. The number of nitrogens with zero attached hydrogens (tertiary/aromatic N) is 4. The molecule has 0 aliphatic heterocycles. The number of benzene rings is 2. The molecule has 3 heterocycles. The van der Waals surface area contributed by atoms with Gasteiger partial charge in [-0.25, -0.2) is 14.5 Å². The summed E-state index contributed by atoms with van der Waals surface area (Å²) in [5.74, 6) is -0.359. The zero-order valence-electron chi connectivity index (χ0n) is 18.3. The van der Waals surface area contributed by atoms with Crippen LogP contribution in [0.1, 0.15) is 10.5 Å². The van der Waals surface area contributed by atoms with E-state index in [-0.39, 0.29) is 36.5 Å². The second-order valence-electron chi connectivity index (χ2n) is 7.52. The van der Waals surface area contributed by atoms with Crippen LogP contribution in [0.2, 0.25) is 0 Å². The van der Waals surface area contributed by atoms with Crippen LogP contribution >= 0.6 is 0 Å². The fourth-order valence-corrected chi connectivity index (χ4v) is 3.47. The summed E-state index contributed by atoms with van der Waals surface area (Å²) in [6, 6.07) is 13.9. The third-order valence-electron chi connectivity index (χ3n) is 5.00. The highest BCUT2D eigenvalue weighted by Crippen LogP contribution is 2.28. The number of alkyl halides is 3. The molecule has 184 valence electrons. The monoisotopic (exact) mass is 498 g/mol. The maximum absolute atomic E-state index is 12.7. The van der Waals surface area contributed by atoms with E-state index in [0.717, 1.165) is 5.56 Å². The molecule has 0 radical (unpaired) electrons. The van der Waals surface area contributed by atoms with Gasteiger partial charge in [0, 0.05) is 6.07 Å². The van der Waals surface area contributed by atoms with Gasteiger partial charge in [0.2, 0.25) is 11.8 Å². The molecule has 0 atom stereocenters. The molecule has 5 aromatic rings. The number of H-pyrrole nitrogens is 1. The highest BCUT2D eigenvalue weighted by Gasteiger charge is 2.31. The summed E-state index contributed by atoms with van der Waals surface area (Å²) in [6.07, 6.45) is -3.32. The second-order valence-corrected chi connectivity index (χ2v) is 7.52. The number of fused-ring (bicyclic) bond motifs is 2. The number of anilines is 1. The molecule has 2 aromatic carbocycles. The van der Waals surface area contributed by atoms with Crippen molar-refractivity contribution in [1.29, 1.82) is 0 Å². The average molecular weight is 498 g/mol. The SMILES string of the molecule is O=C(Nc1nc2ccc(-c3ccc(OC(F)(F)F)cc3)cc2[nH]1)c1cn2nc(OCCO)ccc2n1. The summed E-state index contributed by atoms with van der Waals surface area (Å²) < 4.78 is 47.6. The average Bonchev–Trinajstić information content (AvgIpc) is 3.45. The fraction of sp³-hybridized carbons (Fsp3) is 0.130. The molecule has 36 heavy (non-hydrogen) atoms. The van der Waals surface area contributed by atoms with Gasteiger partial charge in [0.1, 0.15) is 18.1 Å².